The molecular weight excluding hydrogens is 214 g/mol. The SMILES string of the molecule is Cc1cc(C(=O)N2CCC[C@@H](N)C2)cc(C)n1. The van der Waals surface area contributed by atoms with E-state index >= 15 is 0 Å². The first-order valence-corrected chi connectivity index (χ1v) is 6.06. The van der Waals surface area contributed by atoms with E-state index in [1.807, 2.05) is 30.9 Å². The van der Waals surface area contributed by atoms with Gasteiger partial charge in [-0.05, 0) is 38.8 Å². The van der Waals surface area contributed by atoms with E-state index < -0.39 is 0 Å². The lowest BCUT2D eigenvalue weighted by molar-refractivity contribution is 0.0708. The molecule has 4 heteroatoms. The van der Waals surface area contributed by atoms with E-state index in [9.17, 15) is 4.79 Å². The summed E-state index contributed by atoms with van der Waals surface area (Å²) in [5.74, 6) is 0.0775. The van der Waals surface area contributed by atoms with Gasteiger partial charge in [-0.25, -0.2) is 0 Å². The summed E-state index contributed by atoms with van der Waals surface area (Å²) >= 11 is 0. The maximum Gasteiger partial charge on any atom is 0.254 e. The van der Waals surface area contributed by atoms with E-state index in [0.29, 0.717) is 6.54 Å². The van der Waals surface area contributed by atoms with Crippen LogP contribution in [0.2, 0.25) is 0 Å². The second kappa shape index (κ2) is 4.84. The lowest BCUT2D eigenvalue weighted by Crippen LogP contribution is -2.45. The molecule has 0 spiro atoms. The van der Waals surface area contributed by atoms with Crippen LogP contribution in [0, 0.1) is 13.8 Å². The fourth-order valence-electron chi connectivity index (χ4n) is 2.33. The van der Waals surface area contributed by atoms with Crippen molar-refractivity contribution < 1.29 is 4.79 Å². The maximum absolute atomic E-state index is 12.3. The number of aryl methyl sites for hydroxylation is 2. The Labute approximate surface area is 102 Å². The largest absolute Gasteiger partial charge is 0.337 e. The highest BCUT2D eigenvalue weighted by atomic mass is 16.2. The summed E-state index contributed by atoms with van der Waals surface area (Å²) in [6, 6.07) is 3.81. The normalized spacial score (nSPS) is 20.4. The van der Waals surface area contributed by atoms with Crippen LogP contribution in [0.25, 0.3) is 0 Å². The van der Waals surface area contributed by atoms with Crippen LogP contribution < -0.4 is 5.73 Å². The predicted octanol–water partition coefficient (Wildman–Crippen LogP) is 1.26. The van der Waals surface area contributed by atoms with Crippen molar-refractivity contribution in [3.05, 3.63) is 29.1 Å². The highest BCUT2D eigenvalue weighted by molar-refractivity contribution is 5.94. The number of likely N-dealkylation sites (tertiary alicyclic amines) is 1. The van der Waals surface area contributed by atoms with Crippen molar-refractivity contribution in [2.24, 2.45) is 5.73 Å². The molecule has 17 heavy (non-hydrogen) atoms. The van der Waals surface area contributed by atoms with E-state index in [0.717, 1.165) is 36.3 Å². The van der Waals surface area contributed by atoms with Crippen LogP contribution in [-0.4, -0.2) is 34.9 Å². The van der Waals surface area contributed by atoms with E-state index in [1.165, 1.54) is 0 Å². The molecule has 1 aromatic heterocycles. The fraction of sp³-hybridized carbons (Fsp3) is 0.538. The molecule has 1 aromatic rings. The smallest absolute Gasteiger partial charge is 0.254 e. The summed E-state index contributed by atoms with van der Waals surface area (Å²) in [6.45, 7) is 5.30. The summed E-state index contributed by atoms with van der Waals surface area (Å²) in [4.78, 5) is 18.4. The molecule has 0 saturated carbocycles. The number of aromatic nitrogens is 1. The molecule has 0 radical (unpaired) electrons. The van der Waals surface area contributed by atoms with Crippen molar-refractivity contribution in [1.29, 1.82) is 0 Å². The first-order chi connectivity index (χ1) is 8.06. The number of amides is 1. The quantitative estimate of drug-likeness (QED) is 0.794. The number of pyridine rings is 1. The van der Waals surface area contributed by atoms with Gasteiger partial charge in [0, 0.05) is 36.1 Å². The number of carbonyl (C=O) groups excluding carboxylic acids is 1. The third-order valence-corrected chi connectivity index (χ3v) is 3.07. The molecule has 0 aliphatic carbocycles. The zero-order valence-electron chi connectivity index (χ0n) is 10.4. The number of nitrogens with zero attached hydrogens (tertiary/aromatic N) is 2. The summed E-state index contributed by atoms with van der Waals surface area (Å²) in [5, 5.41) is 0. The Hall–Kier alpha value is -1.42. The Morgan fingerprint density at radius 1 is 1.41 bits per heavy atom. The Kier molecular flexibility index (Phi) is 3.43. The fourth-order valence-corrected chi connectivity index (χ4v) is 2.33. The Morgan fingerprint density at radius 2 is 2.06 bits per heavy atom. The monoisotopic (exact) mass is 233 g/mol. The van der Waals surface area contributed by atoms with Gasteiger partial charge in [0.2, 0.25) is 0 Å². The third-order valence-electron chi connectivity index (χ3n) is 3.07. The van der Waals surface area contributed by atoms with E-state index in [2.05, 4.69) is 4.98 Å². The summed E-state index contributed by atoms with van der Waals surface area (Å²) in [5.41, 5.74) is 8.39. The lowest BCUT2D eigenvalue weighted by atomic mass is 10.1. The summed E-state index contributed by atoms with van der Waals surface area (Å²) in [7, 11) is 0. The summed E-state index contributed by atoms with van der Waals surface area (Å²) < 4.78 is 0. The number of nitrogens with two attached hydrogens (primary N) is 1. The Balaban J connectivity index is 2.18. The topological polar surface area (TPSA) is 59.2 Å². The van der Waals surface area contributed by atoms with Gasteiger partial charge in [-0.2, -0.15) is 0 Å². The molecule has 1 atom stereocenters. The van der Waals surface area contributed by atoms with Gasteiger partial charge in [0.25, 0.3) is 5.91 Å². The van der Waals surface area contributed by atoms with Crippen LogP contribution in [-0.2, 0) is 0 Å². The van der Waals surface area contributed by atoms with Crippen LogP contribution in [0.5, 0.6) is 0 Å². The second-order valence-corrected chi connectivity index (χ2v) is 4.79. The lowest BCUT2D eigenvalue weighted by Gasteiger charge is -2.30. The maximum atomic E-state index is 12.3. The molecule has 1 fully saturated rings. The average molecular weight is 233 g/mol. The van der Waals surface area contributed by atoms with Crippen LogP contribution >= 0.6 is 0 Å². The molecule has 1 saturated heterocycles. The predicted molar refractivity (Wildman–Crippen MR) is 66.8 cm³/mol. The van der Waals surface area contributed by atoms with Crippen LogP contribution in [0.15, 0.2) is 12.1 Å². The van der Waals surface area contributed by atoms with Gasteiger partial charge in [0.05, 0.1) is 0 Å². The van der Waals surface area contributed by atoms with Crippen molar-refractivity contribution in [2.75, 3.05) is 13.1 Å². The number of rotatable bonds is 1. The van der Waals surface area contributed by atoms with E-state index in [1.54, 1.807) is 0 Å². The molecule has 0 bridgehead atoms. The van der Waals surface area contributed by atoms with Gasteiger partial charge < -0.3 is 10.6 Å². The van der Waals surface area contributed by atoms with Crippen molar-refractivity contribution in [1.82, 2.24) is 9.88 Å². The van der Waals surface area contributed by atoms with E-state index in [-0.39, 0.29) is 11.9 Å². The first kappa shape index (κ1) is 12.0. The van der Waals surface area contributed by atoms with Crippen molar-refractivity contribution in [3.63, 3.8) is 0 Å². The van der Waals surface area contributed by atoms with Gasteiger partial charge in [0.15, 0.2) is 0 Å². The molecule has 1 amide bonds. The molecule has 1 aliphatic rings. The standard InChI is InChI=1S/C13H19N3O/c1-9-6-11(7-10(2)15-9)13(17)16-5-3-4-12(14)8-16/h6-7,12H,3-5,8,14H2,1-2H3/t12-/m1/s1. The van der Waals surface area contributed by atoms with Crippen LogP contribution in [0.1, 0.15) is 34.6 Å². The average Bonchev–Trinajstić information content (AvgIpc) is 2.26. The van der Waals surface area contributed by atoms with Crippen LogP contribution in [0.3, 0.4) is 0 Å². The Morgan fingerprint density at radius 3 is 2.65 bits per heavy atom. The van der Waals surface area contributed by atoms with Gasteiger partial charge in [-0.15, -0.1) is 0 Å². The minimum atomic E-state index is 0.0775. The third kappa shape index (κ3) is 2.82. The van der Waals surface area contributed by atoms with Gasteiger partial charge in [-0.3, -0.25) is 9.78 Å². The molecule has 0 aromatic carbocycles. The van der Waals surface area contributed by atoms with Gasteiger partial charge >= 0.3 is 0 Å². The molecule has 2 N–H and O–H groups in total. The van der Waals surface area contributed by atoms with E-state index in [4.69, 9.17) is 5.73 Å². The molecule has 2 heterocycles. The van der Waals surface area contributed by atoms with Crippen LogP contribution in [0.4, 0.5) is 0 Å². The number of hydrogen-bond donors (Lipinski definition) is 1. The van der Waals surface area contributed by atoms with Crippen molar-refractivity contribution in [3.8, 4) is 0 Å². The van der Waals surface area contributed by atoms with Gasteiger partial charge in [0.1, 0.15) is 0 Å². The van der Waals surface area contributed by atoms with Crippen molar-refractivity contribution >= 4 is 5.91 Å². The highest BCUT2D eigenvalue weighted by Gasteiger charge is 2.22. The molecular formula is C13H19N3O. The first-order valence-electron chi connectivity index (χ1n) is 6.06. The zero-order valence-corrected chi connectivity index (χ0v) is 10.4. The zero-order chi connectivity index (χ0) is 12.4. The number of carbonyl (C=O) groups is 1. The molecule has 4 nitrogen and oxygen atoms in total. The van der Waals surface area contributed by atoms with Crippen molar-refractivity contribution in [2.45, 2.75) is 32.7 Å². The summed E-state index contributed by atoms with van der Waals surface area (Å²) in [6.07, 6.45) is 2.01. The molecule has 0 unspecified atom stereocenters. The van der Waals surface area contributed by atoms with Gasteiger partial charge in [-0.1, -0.05) is 0 Å². The number of piperidine rings is 1. The molecule has 1 aliphatic heterocycles. The highest BCUT2D eigenvalue weighted by Crippen LogP contribution is 2.14. The molecule has 92 valence electrons. The number of hydrogen-bond acceptors (Lipinski definition) is 3. The Bertz CT molecular complexity index is 410. The second-order valence-electron chi connectivity index (χ2n) is 4.79. The molecule has 2 rings (SSSR count). The minimum Gasteiger partial charge on any atom is -0.337 e. The minimum absolute atomic E-state index is 0.0775.